The van der Waals surface area contributed by atoms with Crippen molar-refractivity contribution in [2.75, 3.05) is 0 Å². The SMILES string of the molecule is C/C=c1/cc(-c2ccc(-c3ccc(/C=C/C)s3)s2)c(=O)o/c1=C/C.CC. The van der Waals surface area contributed by atoms with Gasteiger partial charge in [-0.2, -0.15) is 0 Å². The van der Waals surface area contributed by atoms with Gasteiger partial charge in [0.25, 0.3) is 0 Å². The second-order valence-electron chi connectivity index (χ2n) is 5.21. The van der Waals surface area contributed by atoms with Crippen molar-refractivity contribution in [3.8, 4) is 20.2 Å². The van der Waals surface area contributed by atoms with Crippen LogP contribution in [0.4, 0.5) is 0 Å². The van der Waals surface area contributed by atoms with Crippen LogP contribution in [0, 0.1) is 0 Å². The molecular formula is C22H24O2S2. The molecule has 3 aromatic heterocycles. The molecule has 0 aliphatic heterocycles. The molecule has 3 aromatic rings. The minimum atomic E-state index is -0.289. The first-order chi connectivity index (χ1) is 12.7. The van der Waals surface area contributed by atoms with E-state index in [2.05, 4.69) is 24.3 Å². The molecule has 2 nitrogen and oxygen atoms in total. The largest absolute Gasteiger partial charge is 0.423 e. The smallest absolute Gasteiger partial charge is 0.345 e. The van der Waals surface area contributed by atoms with E-state index in [1.165, 1.54) is 14.6 Å². The summed E-state index contributed by atoms with van der Waals surface area (Å²) in [5, 5.41) is 0.938. The summed E-state index contributed by atoms with van der Waals surface area (Å²) in [6, 6.07) is 10.2. The molecule has 3 heterocycles. The van der Waals surface area contributed by atoms with Crippen molar-refractivity contribution in [2.45, 2.75) is 34.6 Å². The molecule has 0 fully saturated rings. The Hall–Kier alpha value is -2.17. The Kier molecular flexibility index (Phi) is 7.37. The standard InChI is InChI=1S/C20H18O2S2.C2H6/c1-4-7-14-8-9-18(23-14)19-11-10-17(24-19)15-12-13(5-2)16(6-3)22-20(15)21;1-2/h4-12H,1-3H3;1-2H3/b7-4+,13-5-,16-6+;. The molecule has 136 valence electrons. The van der Waals surface area contributed by atoms with E-state index >= 15 is 0 Å². The van der Waals surface area contributed by atoms with E-state index in [0.717, 1.165) is 10.1 Å². The van der Waals surface area contributed by atoms with Crippen molar-refractivity contribution < 1.29 is 4.42 Å². The predicted molar refractivity (Wildman–Crippen MR) is 117 cm³/mol. The van der Waals surface area contributed by atoms with Gasteiger partial charge in [-0.15, -0.1) is 22.7 Å². The van der Waals surface area contributed by atoms with Gasteiger partial charge >= 0.3 is 5.63 Å². The second-order valence-corrected chi connectivity index (χ2v) is 7.41. The van der Waals surface area contributed by atoms with Gasteiger partial charge in [-0.25, -0.2) is 4.79 Å². The van der Waals surface area contributed by atoms with Crippen LogP contribution in [0.5, 0.6) is 0 Å². The van der Waals surface area contributed by atoms with E-state index in [4.69, 9.17) is 4.42 Å². The van der Waals surface area contributed by atoms with Crippen LogP contribution >= 0.6 is 22.7 Å². The predicted octanol–water partition coefficient (Wildman–Crippen LogP) is 5.76. The Bertz CT molecular complexity index is 1060. The van der Waals surface area contributed by atoms with Crippen molar-refractivity contribution >= 4 is 40.9 Å². The molecule has 26 heavy (non-hydrogen) atoms. The lowest BCUT2D eigenvalue weighted by atomic mass is 10.2. The van der Waals surface area contributed by atoms with E-state index in [9.17, 15) is 4.79 Å². The Morgan fingerprint density at radius 1 is 0.885 bits per heavy atom. The van der Waals surface area contributed by atoms with Crippen molar-refractivity contribution in [1.29, 1.82) is 0 Å². The summed E-state index contributed by atoms with van der Waals surface area (Å²) in [5.74, 6) is 0. The Morgan fingerprint density at radius 3 is 2.19 bits per heavy atom. The molecule has 0 spiro atoms. The number of allylic oxidation sites excluding steroid dienone is 1. The van der Waals surface area contributed by atoms with Crippen LogP contribution in [-0.4, -0.2) is 0 Å². The van der Waals surface area contributed by atoms with E-state index in [0.29, 0.717) is 11.0 Å². The number of rotatable bonds is 3. The Labute approximate surface area is 162 Å². The minimum Gasteiger partial charge on any atom is -0.423 e. The molecule has 3 rings (SSSR count). The lowest BCUT2D eigenvalue weighted by Crippen LogP contribution is -2.29. The molecule has 0 aliphatic rings. The fraction of sp³-hybridized carbons (Fsp3) is 0.227. The maximum Gasteiger partial charge on any atom is 0.345 e. The van der Waals surface area contributed by atoms with E-state index in [-0.39, 0.29) is 5.63 Å². The van der Waals surface area contributed by atoms with Gasteiger partial charge in [0.05, 0.1) is 5.56 Å². The first-order valence-electron chi connectivity index (χ1n) is 8.76. The zero-order valence-electron chi connectivity index (χ0n) is 15.8. The maximum absolute atomic E-state index is 12.3. The molecule has 0 aromatic carbocycles. The summed E-state index contributed by atoms with van der Waals surface area (Å²) in [6.07, 6.45) is 7.91. The van der Waals surface area contributed by atoms with Crippen LogP contribution in [0.3, 0.4) is 0 Å². The normalized spacial score (nSPS) is 12.5. The van der Waals surface area contributed by atoms with Crippen molar-refractivity contribution in [1.82, 2.24) is 0 Å². The van der Waals surface area contributed by atoms with Crippen LogP contribution in [0.15, 0.2) is 45.6 Å². The zero-order chi connectivity index (χ0) is 19.1. The third kappa shape index (κ3) is 4.32. The number of hydrogen-bond acceptors (Lipinski definition) is 4. The third-order valence-corrected chi connectivity index (χ3v) is 6.02. The van der Waals surface area contributed by atoms with Gasteiger partial charge in [0.1, 0.15) is 5.42 Å². The monoisotopic (exact) mass is 384 g/mol. The summed E-state index contributed by atoms with van der Waals surface area (Å²) in [5.41, 5.74) is 0.954. The summed E-state index contributed by atoms with van der Waals surface area (Å²) in [7, 11) is 0. The van der Waals surface area contributed by atoms with Crippen LogP contribution in [0.25, 0.3) is 38.4 Å². The van der Waals surface area contributed by atoms with Crippen LogP contribution < -0.4 is 16.3 Å². The summed E-state index contributed by atoms with van der Waals surface area (Å²) in [4.78, 5) is 16.8. The first-order valence-corrected chi connectivity index (χ1v) is 10.4. The molecule has 4 heteroatoms. The average molecular weight is 385 g/mol. The quantitative estimate of drug-likeness (QED) is 0.575. The maximum atomic E-state index is 12.3. The Morgan fingerprint density at radius 2 is 1.54 bits per heavy atom. The molecular weight excluding hydrogens is 360 g/mol. The highest BCUT2D eigenvalue weighted by Gasteiger charge is 2.11. The van der Waals surface area contributed by atoms with Crippen LogP contribution in [0.1, 0.15) is 39.5 Å². The van der Waals surface area contributed by atoms with E-state index < -0.39 is 0 Å². The summed E-state index contributed by atoms with van der Waals surface area (Å²) in [6.45, 7) is 9.83. The zero-order valence-corrected chi connectivity index (χ0v) is 17.5. The number of thiophene rings is 2. The highest BCUT2D eigenvalue weighted by atomic mass is 32.1. The summed E-state index contributed by atoms with van der Waals surface area (Å²) < 4.78 is 5.44. The van der Waals surface area contributed by atoms with Crippen LogP contribution in [0.2, 0.25) is 0 Å². The fourth-order valence-corrected chi connectivity index (χ4v) is 4.56. The van der Waals surface area contributed by atoms with Crippen molar-refractivity contribution in [3.05, 3.63) is 62.3 Å². The minimum absolute atomic E-state index is 0.289. The molecule has 0 atom stereocenters. The second kappa shape index (κ2) is 9.51. The molecule has 0 bridgehead atoms. The first kappa shape index (κ1) is 20.1. The van der Waals surface area contributed by atoms with Crippen molar-refractivity contribution in [3.63, 3.8) is 0 Å². The average Bonchev–Trinajstić information content (AvgIpc) is 3.33. The van der Waals surface area contributed by atoms with Gasteiger partial charge < -0.3 is 4.42 Å². The highest BCUT2D eigenvalue weighted by Crippen LogP contribution is 2.36. The summed E-state index contributed by atoms with van der Waals surface area (Å²) >= 11 is 3.37. The van der Waals surface area contributed by atoms with E-state index in [1.54, 1.807) is 22.7 Å². The molecule has 0 saturated carbocycles. The molecule has 0 amide bonds. The van der Waals surface area contributed by atoms with E-state index in [1.807, 2.05) is 65.0 Å². The number of hydrogen-bond donors (Lipinski definition) is 0. The highest BCUT2D eigenvalue weighted by molar-refractivity contribution is 7.24. The molecule has 0 N–H and O–H groups in total. The van der Waals surface area contributed by atoms with Gasteiger partial charge in [-0.05, 0) is 63.3 Å². The van der Waals surface area contributed by atoms with Crippen LogP contribution in [-0.2, 0) is 0 Å². The van der Waals surface area contributed by atoms with Gasteiger partial charge in [0.2, 0.25) is 0 Å². The third-order valence-electron chi connectivity index (χ3n) is 3.65. The van der Waals surface area contributed by atoms with Gasteiger partial charge in [-0.1, -0.05) is 26.0 Å². The fourth-order valence-electron chi connectivity index (χ4n) is 2.48. The molecule has 0 aliphatic carbocycles. The molecule has 0 saturated heterocycles. The molecule has 0 radical (unpaired) electrons. The lowest BCUT2D eigenvalue weighted by Gasteiger charge is -1.96. The Balaban J connectivity index is 0.00000117. The van der Waals surface area contributed by atoms with Gasteiger partial charge in [0.15, 0.2) is 0 Å². The van der Waals surface area contributed by atoms with Gasteiger partial charge in [0, 0.05) is 24.7 Å². The topological polar surface area (TPSA) is 30.2 Å². The van der Waals surface area contributed by atoms with Gasteiger partial charge in [-0.3, -0.25) is 0 Å². The molecule has 0 unspecified atom stereocenters. The lowest BCUT2D eigenvalue weighted by molar-refractivity contribution is 0.475. The van der Waals surface area contributed by atoms with Crippen molar-refractivity contribution in [2.24, 2.45) is 0 Å².